The van der Waals surface area contributed by atoms with E-state index in [0.29, 0.717) is 6.42 Å². The van der Waals surface area contributed by atoms with E-state index in [1.165, 1.54) is 19.3 Å². The van der Waals surface area contributed by atoms with Gasteiger partial charge in [-0.25, -0.2) is 0 Å². The van der Waals surface area contributed by atoms with Gasteiger partial charge in [-0.05, 0) is 52.3 Å². The van der Waals surface area contributed by atoms with Gasteiger partial charge in [0, 0.05) is 24.7 Å². The molecule has 2 rings (SSSR count). The van der Waals surface area contributed by atoms with Gasteiger partial charge in [0.1, 0.15) is 0 Å². The van der Waals surface area contributed by atoms with Crippen molar-refractivity contribution in [1.29, 1.82) is 0 Å². The maximum atomic E-state index is 10.8. The standard InChI is InChI=1S/C16H29N3O/c1-5-16(3,19-9-7-6-8-10-19)15(20)12-14-11-13(2)17-18(14)4/h11,15,20H,5-10,12H2,1-4H3. The Morgan fingerprint density at radius 2 is 2.00 bits per heavy atom. The Balaban J connectivity index is 2.11. The zero-order chi connectivity index (χ0) is 14.8. The number of nitrogens with zero attached hydrogens (tertiary/aromatic N) is 3. The Bertz CT molecular complexity index is 437. The number of aliphatic hydroxyl groups excluding tert-OH is 1. The van der Waals surface area contributed by atoms with Crippen LogP contribution in [0.1, 0.15) is 50.9 Å². The number of piperidine rings is 1. The van der Waals surface area contributed by atoms with Gasteiger partial charge in [0.2, 0.25) is 0 Å². The normalized spacial score (nSPS) is 21.6. The highest BCUT2D eigenvalue weighted by atomic mass is 16.3. The second-order valence-electron chi connectivity index (χ2n) is 6.38. The van der Waals surface area contributed by atoms with Crippen molar-refractivity contribution < 1.29 is 5.11 Å². The van der Waals surface area contributed by atoms with E-state index in [2.05, 4.69) is 29.9 Å². The molecule has 1 fully saturated rings. The van der Waals surface area contributed by atoms with Crippen LogP contribution >= 0.6 is 0 Å². The predicted molar refractivity (Wildman–Crippen MR) is 81.8 cm³/mol. The van der Waals surface area contributed by atoms with E-state index < -0.39 is 0 Å². The molecule has 2 unspecified atom stereocenters. The average molecular weight is 279 g/mol. The quantitative estimate of drug-likeness (QED) is 0.899. The number of hydrogen-bond acceptors (Lipinski definition) is 3. The van der Waals surface area contributed by atoms with E-state index in [4.69, 9.17) is 0 Å². The molecule has 0 saturated carbocycles. The van der Waals surface area contributed by atoms with E-state index >= 15 is 0 Å². The predicted octanol–water partition coefficient (Wildman–Crippen LogP) is 2.29. The van der Waals surface area contributed by atoms with Gasteiger partial charge in [0.15, 0.2) is 0 Å². The van der Waals surface area contributed by atoms with Gasteiger partial charge in [-0.15, -0.1) is 0 Å². The van der Waals surface area contributed by atoms with Gasteiger partial charge in [0.25, 0.3) is 0 Å². The minimum atomic E-state index is -0.347. The highest BCUT2D eigenvalue weighted by Crippen LogP contribution is 2.29. The molecule has 4 heteroatoms. The largest absolute Gasteiger partial charge is 0.391 e. The summed E-state index contributed by atoms with van der Waals surface area (Å²) in [6.45, 7) is 8.63. The fourth-order valence-corrected chi connectivity index (χ4v) is 3.35. The molecule has 1 aliphatic rings. The second kappa shape index (κ2) is 6.27. The third-order valence-corrected chi connectivity index (χ3v) is 5.01. The van der Waals surface area contributed by atoms with Crippen LogP contribution in [0.4, 0.5) is 0 Å². The van der Waals surface area contributed by atoms with Crippen molar-refractivity contribution in [3.8, 4) is 0 Å². The summed E-state index contributed by atoms with van der Waals surface area (Å²) in [5, 5.41) is 15.2. The molecule has 20 heavy (non-hydrogen) atoms. The van der Waals surface area contributed by atoms with Gasteiger partial charge in [-0.1, -0.05) is 13.3 Å². The highest BCUT2D eigenvalue weighted by Gasteiger charge is 2.38. The van der Waals surface area contributed by atoms with Crippen LogP contribution in [-0.4, -0.2) is 44.5 Å². The molecule has 0 aromatic carbocycles. The molecule has 1 aliphatic heterocycles. The van der Waals surface area contributed by atoms with E-state index in [-0.39, 0.29) is 11.6 Å². The molecule has 0 bridgehead atoms. The fraction of sp³-hybridized carbons (Fsp3) is 0.812. The number of rotatable bonds is 5. The molecule has 4 nitrogen and oxygen atoms in total. The molecule has 0 amide bonds. The Hall–Kier alpha value is -0.870. The van der Waals surface area contributed by atoms with Crippen LogP contribution in [0.3, 0.4) is 0 Å². The van der Waals surface area contributed by atoms with Gasteiger partial charge in [0.05, 0.1) is 11.8 Å². The number of aromatic nitrogens is 2. The Morgan fingerprint density at radius 3 is 2.50 bits per heavy atom. The van der Waals surface area contributed by atoms with Crippen molar-refractivity contribution in [2.75, 3.05) is 13.1 Å². The average Bonchev–Trinajstić information content (AvgIpc) is 2.76. The van der Waals surface area contributed by atoms with Crippen LogP contribution < -0.4 is 0 Å². The topological polar surface area (TPSA) is 41.3 Å². The molecule has 0 aliphatic carbocycles. The van der Waals surface area contributed by atoms with Crippen LogP contribution in [0.25, 0.3) is 0 Å². The Kier molecular flexibility index (Phi) is 4.86. The first-order valence-electron chi connectivity index (χ1n) is 7.90. The zero-order valence-corrected chi connectivity index (χ0v) is 13.4. The zero-order valence-electron chi connectivity index (χ0n) is 13.4. The molecular formula is C16H29N3O. The van der Waals surface area contributed by atoms with Crippen molar-refractivity contribution >= 4 is 0 Å². The van der Waals surface area contributed by atoms with Crippen molar-refractivity contribution in [2.24, 2.45) is 7.05 Å². The molecule has 1 aromatic rings. The fourth-order valence-electron chi connectivity index (χ4n) is 3.35. The maximum Gasteiger partial charge on any atom is 0.0776 e. The molecule has 2 atom stereocenters. The van der Waals surface area contributed by atoms with Crippen molar-refractivity contribution in [1.82, 2.24) is 14.7 Å². The molecule has 2 heterocycles. The smallest absolute Gasteiger partial charge is 0.0776 e. The number of aliphatic hydroxyl groups is 1. The van der Waals surface area contributed by atoms with E-state index in [9.17, 15) is 5.11 Å². The first-order chi connectivity index (χ1) is 9.47. The van der Waals surface area contributed by atoms with Crippen LogP contribution in [0, 0.1) is 6.92 Å². The summed E-state index contributed by atoms with van der Waals surface area (Å²) >= 11 is 0. The third-order valence-electron chi connectivity index (χ3n) is 5.01. The van der Waals surface area contributed by atoms with Crippen LogP contribution in [0.2, 0.25) is 0 Å². The molecule has 1 aromatic heterocycles. The van der Waals surface area contributed by atoms with Crippen molar-refractivity contribution in [3.05, 3.63) is 17.5 Å². The third kappa shape index (κ3) is 3.07. The summed E-state index contributed by atoms with van der Waals surface area (Å²) in [6, 6.07) is 2.08. The first kappa shape index (κ1) is 15.5. The molecule has 0 spiro atoms. The molecule has 114 valence electrons. The first-order valence-corrected chi connectivity index (χ1v) is 7.90. The maximum absolute atomic E-state index is 10.8. The SMILES string of the molecule is CCC(C)(C(O)Cc1cc(C)nn1C)N1CCCCC1. The summed E-state index contributed by atoms with van der Waals surface area (Å²) in [4.78, 5) is 2.49. The summed E-state index contributed by atoms with van der Waals surface area (Å²) in [6.07, 6.45) is 5.15. The van der Waals surface area contributed by atoms with Gasteiger partial charge in [-0.2, -0.15) is 5.10 Å². The monoisotopic (exact) mass is 279 g/mol. The van der Waals surface area contributed by atoms with Crippen LogP contribution in [-0.2, 0) is 13.5 Å². The molecule has 1 N–H and O–H groups in total. The number of hydrogen-bond donors (Lipinski definition) is 1. The van der Waals surface area contributed by atoms with Gasteiger partial charge in [-0.3, -0.25) is 9.58 Å². The van der Waals surface area contributed by atoms with E-state index in [0.717, 1.165) is 30.9 Å². The summed E-state index contributed by atoms with van der Waals surface area (Å²) in [5.41, 5.74) is 2.01. The molecular weight excluding hydrogens is 250 g/mol. The van der Waals surface area contributed by atoms with Gasteiger partial charge < -0.3 is 5.11 Å². The van der Waals surface area contributed by atoms with Gasteiger partial charge >= 0.3 is 0 Å². The summed E-state index contributed by atoms with van der Waals surface area (Å²) < 4.78 is 1.89. The minimum absolute atomic E-state index is 0.126. The minimum Gasteiger partial charge on any atom is -0.391 e. The molecule has 0 radical (unpaired) electrons. The number of likely N-dealkylation sites (tertiary alicyclic amines) is 1. The lowest BCUT2D eigenvalue weighted by molar-refractivity contribution is -0.0335. The lowest BCUT2D eigenvalue weighted by Crippen LogP contribution is -2.56. The molecule has 1 saturated heterocycles. The van der Waals surface area contributed by atoms with E-state index in [1.54, 1.807) is 0 Å². The summed E-state index contributed by atoms with van der Waals surface area (Å²) in [7, 11) is 1.96. The summed E-state index contributed by atoms with van der Waals surface area (Å²) in [5.74, 6) is 0. The highest BCUT2D eigenvalue weighted by molar-refractivity contribution is 5.11. The number of aryl methyl sites for hydroxylation is 2. The lowest BCUT2D eigenvalue weighted by Gasteiger charge is -2.46. The second-order valence-corrected chi connectivity index (χ2v) is 6.38. The Morgan fingerprint density at radius 1 is 1.35 bits per heavy atom. The Labute approximate surface area is 122 Å². The lowest BCUT2D eigenvalue weighted by atomic mass is 9.85. The van der Waals surface area contributed by atoms with Crippen molar-refractivity contribution in [3.63, 3.8) is 0 Å². The van der Waals surface area contributed by atoms with Crippen LogP contribution in [0.15, 0.2) is 6.07 Å². The van der Waals surface area contributed by atoms with E-state index in [1.807, 2.05) is 18.7 Å². The van der Waals surface area contributed by atoms with Crippen LogP contribution in [0.5, 0.6) is 0 Å². The van der Waals surface area contributed by atoms with Crippen molar-refractivity contribution in [2.45, 2.75) is 64.5 Å².